The molecular weight excluding hydrogens is 258 g/mol. The van der Waals surface area contributed by atoms with Gasteiger partial charge in [-0.3, -0.25) is 0 Å². The summed E-state index contributed by atoms with van der Waals surface area (Å²) in [6.07, 6.45) is 5.15. The van der Waals surface area contributed by atoms with Crippen LogP contribution in [0.1, 0.15) is 43.2 Å². The summed E-state index contributed by atoms with van der Waals surface area (Å²) in [5, 5.41) is 3.88. The first-order chi connectivity index (χ1) is 10.4. The quantitative estimate of drug-likeness (QED) is 0.895. The van der Waals surface area contributed by atoms with Crippen molar-refractivity contribution in [3.63, 3.8) is 0 Å². The van der Waals surface area contributed by atoms with Gasteiger partial charge in [-0.05, 0) is 61.1 Å². The highest BCUT2D eigenvalue weighted by Crippen LogP contribution is 2.62. The molecule has 1 saturated carbocycles. The predicted molar refractivity (Wildman–Crippen MR) is 85.5 cm³/mol. The van der Waals surface area contributed by atoms with Crippen LogP contribution in [0, 0.1) is 17.8 Å². The van der Waals surface area contributed by atoms with Gasteiger partial charge in [0.1, 0.15) is 0 Å². The molecule has 21 heavy (non-hydrogen) atoms. The van der Waals surface area contributed by atoms with Crippen molar-refractivity contribution in [3.05, 3.63) is 35.4 Å². The number of rotatable bonds is 5. The zero-order valence-electron chi connectivity index (χ0n) is 13.1. The van der Waals surface area contributed by atoms with Gasteiger partial charge in [-0.25, -0.2) is 0 Å². The van der Waals surface area contributed by atoms with E-state index in [1.807, 2.05) is 0 Å². The van der Waals surface area contributed by atoms with Crippen molar-refractivity contribution in [2.24, 2.45) is 17.8 Å². The first-order valence-electron chi connectivity index (χ1n) is 8.79. The molecule has 0 bridgehead atoms. The second-order valence-corrected chi connectivity index (χ2v) is 7.11. The lowest BCUT2D eigenvalue weighted by Gasteiger charge is -2.24. The van der Waals surface area contributed by atoms with E-state index in [2.05, 4.69) is 36.5 Å². The summed E-state index contributed by atoms with van der Waals surface area (Å²) < 4.78 is 5.68. The molecule has 3 aliphatic rings. The lowest BCUT2D eigenvalue weighted by Crippen LogP contribution is -2.39. The normalized spacial score (nSPS) is 35.1. The number of aryl methyl sites for hydroxylation is 1. The van der Waals surface area contributed by atoms with Crippen molar-refractivity contribution >= 4 is 0 Å². The lowest BCUT2D eigenvalue weighted by molar-refractivity contribution is 0.172. The van der Waals surface area contributed by atoms with Crippen molar-refractivity contribution < 1.29 is 4.74 Å². The third kappa shape index (κ3) is 2.43. The van der Waals surface area contributed by atoms with Crippen LogP contribution in [0.3, 0.4) is 0 Å². The molecule has 1 aliphatic heterocycles. The summed E-state index contributed by atoms with van der Waals surface area (Å²) >= 11 is 0. The van der Waals surface area contributed by atoms with Crippen molar-refractivity contribution in [1.82, 2.24) is 5.32 Å². The third-order valence-corrected chi connectivity index (χ3v) is 5.91. The minimum absolute atomic E-state index is 0.675. The van der Waals surface area contributed by atoms with Gasteiger partial charge in [-0.1, -0.05) is 31.2 Å². The number of hydrogen-bond acceptors (Lipinski definition) is 2. The van der Waals surface area contributed by atoms with E-state index in [9.17, 15) is 0 Å². The van der Waals surface area contributed by atoms with E-state index in [1.54, 1.807) is 11.1 Å². The molecule has 0 spiro atoms. The highest BCUT2D eigenvalue weighted by molar-refractivity contribution is 5.40. The zero-order valence-corrected chi connectivity index (χ0v) is 13.1. The topological polar surface area (TPSA) is 21.3 Å². The zero-order chi connectivity index (χ0) is 14.2. The fourth-order valence-electron chi connectivity index (χ4n) is 4.87. The van der Waals surface area contributed by atoms with Crippen LogP contribution in [0.4, 0.5) is 0 Å². The van der Waals surface area contributed by atoms with Crippen LogP contribution in [0.5, 0.6) is 0 Å². The largest absolute Gasteiger partial charge is 0.381 e. The fourth-order valence-corrected chi connectivity index (χ4v) is 4.87. The average Bonchev–Trinajstić information content (AvgIpc) is 3.00. The SMILES string of the molecule is CCCNC(C1CCOC1)C1C2CCc3ccccc3C21. The predicted octanol–water partition coefficient (Wildman–Crippen LogP) is 3.37. The van der Waals surface area contributed by atoms with E-state index in [4.69, 9.17) is 4.74 Å². The monoisotopic (exact) mass is 285 g/mol. The molecular formula is C19H27NO. The molecule has 2 aliphatic carbocycles. The Bertz CT molecular complexity index is 494. The molecule has 5 atom stereocenters. The van der Waals surface area contributed by atoms with Gasteiger partial charge >= 0.3 is 0 Å². The van der Waals surface area contributed by atoms with E-state index in [0.717, 1.165) is 43.4 Å². The molecule has 0 aromatic heterocycles. The molecule has 1 saturated heterocycles. The number of fused-ring (bicyclic) bond motifs is 3. The van der Waals surface area contributed by atoms with E-state index in [0.29, 0.717) is 6.04 Å². The molecule has 1 N–H and O–H groups in total. The van der Waals surface area contributed by atoms with Crippen LogP contribution >= 0.6 is 0 Å². The van der Waals surface area contributed by atoms with Crippen molar-refractivity contribution in [2.45, 2.75) is 44.6 Å². The number of benzene rings is 1. The Morgan fingerprint density at radius 2 is 2.19 bits per heavy atom. The molecule has 1 aromatic carbocycles. The van der Waals surface area contributed by atoms with Crippen LogP contribution in [0.25, 0.3) is 0 Å². The molecule has 5 unspecified atom stereocenters. The van der Waals surface area contributed by atoms with E-state index >= 15 is 0 Å². The van der Waals surface area contributed by atoms with Gasteiger partial charge < -0.3 is 10.1 Å². The Morgan fingerprint density at radius 3 is 3.00 bits per heavy atom. The van der Waals surface area contributed by atoms with Crippen LogP contribution in [-0.2, 0) is 11.2 Å². The molecule has 2 fully saturated rings. The number of hydrogen-bond donors (Lipinski definition) is 1. The Kier molecular flexibility index (Phi) is 3.76. The molecule has 2 nitrogen and oxygen atoms in total. The molecule has 1 heterocycles. The van der Waals surface area contributed by atoms with E-state index in [1.165, 1.54) is 25.7 Å². The van der Waals surface area contributed by atoms with Gasteiger partial charge in [0.05, 0.1) is 6.61 Å². The van der Waals surface area contributed by atoms with Gasteiger partial charge in [0.15, 0.2) is 0 Å². The number of ether oxygens (including phenoxy) is 1. The van der Waals surface area contributed by atoms with Crippen molar-refractivity contribution in [2.75, 3.05) is 19.8 Å². The van der Waals surface area contributed by atoms with Gasteiger partial charge in [-0.15, -0.1) is 0 Å². The maximum atomic E-state index is 5.68. The maximum Gasteiger partial charge on any atom is 0.0510 e. The second-order valence-electron chi connectivity index (χ2n) is 7.11. The highest BCUT2D eigenvalue weighted by Gasteiger charge is 2.57. The summed E-state index contributed by atoms with van der Waals surface area (Å²) in [5.74, 6) is 3.34. The minimum Gasteiger partial charge on any atom is -0.381 e. The molecule has 114 valence electrons. The van der Waals surface area contributed by atoms with Crippen LogP contribution in [0.15, 0.2) is 24.3 Å². The van der Waals surface area contributed by atoms with Crippen molar-refractivity contribution in [1.29, 1.82) is 0 Å². The first-order valence-corrected chi connectivity index (χ1v) is 8.79. The van der Waals surface area contributed by atoms with Crippen LogP contribution in [-0.4, -0.2) is 25.8 Å². The first kappa shape index (κ1) is 13.8. The van der Waals surface area contributed by atoms with Crippen LogP contribution in [0.2, 0.25) is 0 Å². The summed E-state index contributed by atoms with van der Waals surface area (Å²) in [6, 6.07) is 9.83. The second kappa shape index (κ2) is 5.73. The molecule has 0 amide bonds. The summed E-state index contributed by atoms with van der Waals surface area (Å²) in [4.78, 5) is 0. The molecule has 0 radical (unpaired) electrons. The van der Waals surface area contributed by atoms with Crippen LogP contribution < -0.4 is 5.32 Å². The lowest BCUT2D eigenvalue weighted by atomic mass is 9.91. The Morgan fingerprint density at radius 1 is 1.29 bits per heavy atom. The number of nitrogens with one attached hydrogen (secondary N) is 1. The minimum atomic E-state index is 0.675. The summed E-state index contributed by atoms with van der Waals surface area (Å²) in [7, 11) is 0. The van der Waals surface area contributed by atoms with E-state index < -0.39 is 0 Å². The Balaban J connectivity index is 1.55. The summed E-state index contributed by atoms with van der Waals surface area (Å²) in [6.45, 7) is 5.36. The standard InChI is InChI=1S/C19H27NO/c1-2-10-20-19(14-9-11-21-12-14)18-16-8-7-13-5-3-4-6-15(13)17(16)18/h3-6,14,16-20H,2,7-12H2,1H3. The van der Waals surface area contributed by atoms with Crippen molar-refractivity contribution in [3.8, 4) is 0 Å². The summed E-state index contributed by atoms with van der Waals surface area (Å²) in [5.41, 5.74) is 3.26. The van der Waals surface area contributed by atoms with E-state index in [-0.39, 0.29) is 0 Å². The highest BCUT2D eigenvalue weighted by atomic mass is 16.5. The Labute approximate surface area is 128 Å². The molecule has 1 aromatic rings. The molecule has 2 heteroatoms. The fraction of sp³-hybridized carbons (Fsp3) is 0.684. The molecule has 4 rings (SSSR count). The average molecular weight is 285 g/mol. The maximum absolute atomic E-state index is 5.68. The van der Waals surface area contributed by atoms with Gasteiger partial charge in [-0.2, -0.15) is 0 Å². The smallest absolute Gasteiger partial charge is 0.0510 e. The third-order valence-electron chi connectivity index (χ3n) is 5.91. The van der Waals surface area contributed by atoms with Gasteiger partial charge in [0, 0.05) is 18.6 Å². The van der Waals surface area contributed by atoms with Gasteiger partial charge in [0.25, 0.3) is 0 Å². The van der Waals surface area contributed by atoms with Gasteiger partial charge in [0.2, 0.25) is 0 Å². The Hall–Kier alpha value is -0.860.